The van der Waals surface area contributed by atoms with Crippen molar-refractivity contribution in [2.45, 2.75) is 44.3 Å². The molecule has 1 fully saturated rings. The molecule has 0 amide bonds. The molecule has 1 aromatic heterocycles. The van der Waals surface area contributed by atoms with Gasteiger partial charge in [0, 0.05) is 24.8 Å². The van der Waals surface area contributed by atoms with Gasteiger partial charge in [0.05, 0.1) is 5.69 Å². The predicted molar refractivity (Wildman–Crippen MR) is 70.8 cm³/mol. The molecule has 3 heteroatoms. The largest absolute Gasteiger partial charge is 0.307 e. The minimum Gasteiger partial charge on any atom is -0.307 e. The van der Waals surface area contributed by atoms with Crippen molar-refractivity contribution in [2.75, 3.05) is 14.1 Å². The fraction of sp³-hybridized carbons (Fsp3) is 0.643. The van der Waals surface area contributed by atoms with E-state index in [4.69, 9.17) is 0 Å². The monoisotopic (exact) mass is 233 g/mol. The van der Waals surface area contributed by atoms with Crippen LogP contribution >= 0.6 is 0 Å². The Bertz CT molecular complexity index is 323. The van der Waals surface area contributed by atoms with E-state index in [-0.39, 0.29) is 0 Å². The molecule has 94 valence electrons. The van der Waals surface area contributed by atoms with E-state index >= 15 is 0 Å². The minimum absolute atomic E-state index is 0.612. The average Bonchev–Trinajstić information content (AvgIpc) is 2.38. The summed E-state index contributed by atoms with van der Waals surface area (Å²) in [5.74, 6) is 0. The lowest BCUT2D eigenvalue weighted by Gasteiger charge is -2.36. The van der Waals surface area contributed by atoms with Crippen LogP contribution in [0.25, 0.3) is 0 Å². The number of nitrogens with zero attached hydrogens (tertiary/aromatic N) is 2. The standard InChI is InChI=1S/C14H23N3/c1-17(2)14-9-4-3-8-13(14)16-11-12-7-5-6-10-15-12/h5-7,10,13-14,16H,3-4,8-9,11H2,1-2H3. The third-order valence-corrected chi connectivity index (χ3v) is 3.66. The first-order valence-corrected chi connectivity index (χ1v) is 6.57. The highest BCUT2D eigenvalue weighted by Crippen LogP contribution is 2.21. The number of likely N-dealkylation sites (N-methyl/N-ethyl adjacent to an activating group) is 1. The van der Waals surface area contributed by atoms with Gasteiger partial charge in [-0.2, -0.15) is 0 Å². The van der Waals surface area contributed by atoms with Gasteiger partial charge < -0.3 is 10.2 Å². The molecule has 1 N–H and O–H groups in total. The zero-order valence-electron chi connectivity index (χ0n) is 10.9. The van der Waals surface area contributed by atoms with E-state index in [1.165, 1.54) is 25.7 Å². The van der Waals surface area contributed by atoms with Gasteiger partial charge in [-0.05, 0) is 39.1 Å². The summed E-state index contributed by atoms with van der Waals surface area (Å²) >= 11 is 0. The van der Waals surface area contributed by atoms with E-state index < -0.39 is 0 Å². The second kappa shape index (κ2) is 6.12. The number of hydrogen-bond acceptors (Lipinski definition) is 3. The van der Waals surface area contributed by atoms with Crippen molar-refractivity contribution in [1.29, 1.82) is 0 Å². The molecular weight excluding hydrogens is 210 g/mol. The number of hydrogen-bond donors (Lipinski definition) is 1. The number of pyridine rings is 1. The third-order valence-electron chi connectivity index (χ3n) is 3.66. The molecule has 1 aliphatic rings. The highest BCUT2D eigenvalue weighted by atomic mass is 15.1. The van der Waals surface area contributed by atoms with Gasteiger partial charge >= 0.3 is 0 Å². The maximum Gasteiger partial charge on any atom is 0.0541 e. The van der Waals surface area contributed by atoms with Gasteiger partial charge in [0.1, 0.15) is 0 Å². The fourth-order valence-electron chi connectivity index (χ4n) is 2.71. The first-order chi connectivity index (χ1) is 8.27. The first-order valence-electron chi connectivity index (χ1n) is 6.57. The zero-order valence-corrected chi connectivity index (χ0v) is 10.9. The molecule has 0 radical (unpaired) electrons. The van der Waals surface area contributed by atoms with E-state index in [1.807, 2.05) is 18.3 Å². The van der Waals surface area contributed by atoms with Crippen molar-refractivity contribution >= 4 is 0 Å². The minimum atomic E-state index is 0.612. The average molecular weight is 233 g/mol. The van der Waals surface area contributed by atoms with Crippen LogP contribution in [-0.2, 0) is 6.54 Å². The van der Waals surface area contributed by atoms with Crippen molar-refractivity contribution < 1.29 is 0 Å². The van der Waals surface area contributed by atoms with E-state index in [2.05, 4.69) is 35.4 Å². The molecule has 0 bridgehead atoms. The van der Waals surface area contributed by atoms with Gasteiger partial charge in [-0.3, -0.25) is 4.98 Å². The number of aromatic nitrogens is 1. The Morgan fingerprint density at radius 3 is 2.82 bits per heavy atom. The number of rotatable bonds is 4. The van der Waals surface area contributed by atoms with Crippen LogP contribution in [0.4, 0.5) is 0 Å². The van der Waals surface area contributed by atoms with Crippen LogP contribution in [-0.4, -0.2) is 36.1 Å². The summed E-state index contributed by atoms with van der Waals surface area (Å²) in [6.07, 6.45) is 7.18. The van der Waals surface area contributed by atoms with Crippen molar-refractivity contribution in [2.24, 2.45) is 0 Å². The Kier molecular flexibility index (Phi) is 4.51. The summed E-state index contributed by atoms with van der Waals surface area (Å²) in [6, 6.07) is 7.38. The fourth-order valence-corrected chi connectivity index (χ4v) is 2.71. The van der Waals surface area contributed by atoms with Gasteiger partial charge in [0.15, 0.2) is 0 Å². The van der Waals surface area contributed by atoms with Gasteiger partial charge in [-0.1, -0.05) is 18.9 Å². The molecular formula is C14H23N3. The summed E-state index contributed by atoms with van der Waals surface area (Å²) in [4.78, 5) is 6.71. The first kappa shape index (κ1) is 12.5. The smallest absolute Gasteiger partial charge is 0.0541 e. The van der Waals surface area contributed by atoms with Crippen molar-refractivity contribution in [3.05, 3.63) is 30.1 Å². The van der Waals surface area contributed by atoms with Gasteiger partial charge in [0.25, 0.3) is 0 Å². The lowest BCUT2D eigenvalue weighted by molar-refractivity contribution is 0.175. The van der Waals surface area contributed by atoms with Gasteiger partial charge in [0.2, 0.25) is 0 Å². The van der Waals surface area contributed by atoms with Gasteiger partial charge in [-0.15, -0.1) is 0 Å². The zero-order chi connectivity index (χ0) is 12.1. The molecule has 1 aliphatic carbocycles. The maximum atomic E-state index is 4.36. The molecule has 2 unspecified atom stereocenters. The maximum absolute atomic E-state index is 4.36. The summed E-state index contributed by atoms with van der Waals surface area (Å²) in [7, 11) is 4.37. The molecule has 17 heavy (non-hydrogen) atoms. The second-order valence-electron chi connectivity index (χ2n) is 5.12. The Morgan fingerprint density at radius 2 is 2.12 bits per heavy atom. The third kappa shape index (κ3) is 3.51. The quantitative estimate of drug-likeness (QED) is 0.862. The molecule has 1 saturated carbocycles. The summed E-state index contributed by atoms with van der Waals surface area (Å²) in [6.45, 7) is 0.885. The topological polar surface area (TPSA) is 28.2 Å². The van der Waals surface area contributed by atoms with E-state index in [0.29, 0.717) is 12.1 Å². The van der Waals surface area contributed by atoms with Crippen LogP contribution in [0.15, 0.2) is 24.4 Å². The Hall–Kier alpha value is -0.930. The highest BCUT2D eigenvalue weighted by Gasteiger charge is 2.25. The summed E-state index contributed by atoms with van der Waals surface area (Å²) < 4.78 is 0. The molecule has 0 aromatic carbocycles. The predicted octanol–water partition coefficient (Wildman–Crippen LogP) is 2.04. The van der Waals surface area contributed by atoms with Crippen LogP contribution < -0.4 is 5.32 Å². The Morgan fingerprint density at radius 1 is 1.29 bits per heavy atom. The van der Waals surface area contributed by atoms with Crippen LogP contribution in [0.2, 0.25) is 0 Å². The van der Waals surface area contributed by atoms with Crippen LogP contribution in [0, 0.1) is 0 Å². The van der Waals surface area contributed by atoms with Crippen LogP contribution in [0.3, 0.4) is 0 Å². The second-order valence-corrected chi connectivity index (χ2v) is 5.12. The molecule has 0 saturated heterocycles. The lowest BCUT2D eigenvalue weighted by atomic mass is 9.89. The molecule has 1 heterocycles. The summed E-state index contributed by atoms with van der Waals surface area (Å²) in [5.41, 5.74) is 1.13. The van der Waals surface area contributed by atoms with Crippen molar-refractivity contribution in [3.63, 3.8) is 0 Å². The Labute approximate surface area is 104 Å². The van der Waals surface area contributed by atoms with E-state index in [0.717, 1.165) is 12.2 Å². The van der Waals surface area contributed by atoms with Gasteiger partial charge in [-0.25, -0.2) is 0 Å². The van der Waals surface area contributed by atoms with E-state index in [9.17, 15) is 0 Å². The SMILES string of the molecule is CN(C)C1CCCCC1NCc1ccccn1. The molecule has 1 aromatic rings. The normalized spacial score (nSPS) is 25.1. The van der Waals surface area contributed by atoms with Crippen molar-refractivity contribution in [3.8, 4) is 0 Å². The van der Waals surface area contributed by atoms with E-state index in [1.54, 1.807) is 0 Å². The lowest BCUT2D eigenvalue weighted by Crippen LogP contribution is -2.48. The molecule has 3 nitrogen and oxygen atoms in total. The number of nitrogens with one attached hydrogen (secondary N) is 1. The molecule has 0 spiro atoms. The summed E-state index contributed by atoms with van der Waals surface area (Å²) in [5, 5.41) is 3.67. The van der Waals surface area contributed by atoms with Crippen LogP contribution in [0.1, 0.15) is 31.4 Å². The molecule has 2 atom stereocenters. The highest BCUT2D eigenvalue weighted by molar-refractivity contribution is 5.03. The van der Waals surface area contributed by atoms with Crippen molar-refractivity contribution in [1.82, 2.24) is 15.2 Å². The van der Waals surface area contributed by atoms with Crippen LogP contribution in [0.5, 0.6) is 0 Å². The molecule has 2 rings (SSSR count). The molecule has 0 aliphatic heterocycles. The Balaban J connectivity index is 1.88.